The molecule has 0 aliphatic rings. The van der Waals surface area contributed by atoms with E-state index in [2.05, 4.69) is 95.2 Å². The van der Waals surface area contributed by atoms with Crippen LogP contribution < -0.4 is 0 Å². The fourth-order valence-corrected chi connectivity index (χ4v) is 4.93. The molecule has 5 nitrogen and oxygen atoms in total. The van der Waals surface area contributed by atoms with E-state index in [1.807, 2.05) is 35.9 Å². The third-order valence-electron chi connectivity index (χ3n) is 6.45. The van der Waals surface area contributed by atoms with Gasteiger partial charge in [-0.2, -0.15) is 5.10 Å². The Balaban J connectivity index is 1.48. The molecule has 0 aliphatic carbocycles. The van der Waals surface area contributed by atoms with Crippen molar-refractivity contribution >= 4 is 11.0 Å². The van der Waals surface area contributed by atoms with E-state index in [0.717, 1.165) is 50.7 Å². The van der Waals surface area contributed by atoms with Gasteiger partial charge in [0.15, 0.2) is 5.82 Å². The number of fused-ring (bicyclic) bond motifs is 1. The Kier molecular flexibility index (Phi) is 5.03. The molecule has 0 unspecified atom stereocenters. The number of benzene rings is 4. The summed E-state index contributed by atoms with van der Waals surface area (Å²) in [6.45, 7) is 6.31. The molecule has 0 saturated carbocycles. The predicted molar refractivity (Wildman–Crippen MR) is 141 cm³/mol. The fraction of sp³-hybridized carbons (Fsp3) is 0.100. The van der Waals surface area contributed by atoms with E-state index in [0.29, 0.717) is 0 Å². The van der Waals surface area contributed by atoms with Gasteiger partial charge in [0.05, 0.1) is 16.7 Å². The lowest BCUT2D eigenvalue weighted by Crippen LogP contribution is -2.05. The first-order valence-electron chi connectivity index (χ1n) is 11.7. The third-order valence-corrected chi connectivity index (χ3v) is 6.45. The average Bonchev–Trinajstić information content (AvgIpc) is 3.48. The normalized spacial score (nSPS) is 11.3. The minimum atomic E-state index is 0.809. The summed E-state index contributed by atoms with van der Waals surface area (Å²) in [4.78, 5) is 9.44. The van der Waals surface area contributed by atoms with Crippen LogP contribution in [0.2, 0.25) is 0 Å². The van der Waals surface area contributed by atoms with Crippen molar-refractivity contribution in [2.45, 2.75) is 20.8 Å². The molecule has 5 heteroatoms. The van der Waals surface area contributed by atoms with Crippen molar-refractivity contribution in [2.24, 2.45) is 0 Å². The van der Waals surface area contributed by atoms with Crippen molar-refractivity contribution < 1.29 is 0 Å². The van der Waals surface area contributed by atoms with Gasteiger partial charge in [0, 0.05) is 11.3 Å². The summed E-state index contributed by atoms with van der Waals surface area (Å²) >= 11 is 0. The molecule has 0 spiro atoms. The highest BCUT2D eigenvalue weighted by molar-refractivity contribution is 5.83. The summed E-state index contributed by atoms with van der Waals surface area (Å²) in [5.41, 5.74) is 9.88. The van der Waals surface area contributed by atoms with Gasteiger partial charge in [-0.15, -0.1) is 0 Å². The highest BCUT2D eigenvalue weighted by atomic mass is 15.3. The molecule has 0 amide bonds. The van der Waals surface area contributed by atoms with E-state index < -0.39 is 0 Å². The number of para-hydroxylation sites is 1. The number of hydrogen-bond acceptors (Lipinski definition) is 3. The van der Waals surface area contributed by atoms with Crippen molar-refractivity contribution in [3.05, 3.63) is 114 Å². The highest BCUT2D eigenvalue weighted by Gasteiger charge is 2.17. The van der Waals surface area contributed by atoms with Crippen LogP contribution in [0.4, 0.5) is 0 Å². The zero-order chi connectivity index (χ0) is 23.9. The standard InChI is InChI=1S/C30H25N5/c1-20-16-25(23-10-6-4-7-11-23)17-21(2)29(20)35-30(31-19-32-35)24-14-15-27-28(18-24)34(22(3)33-27)26-12-8-5-9-13-26/h4-19H,1-3H3. The van der Waals surface area contributed by atoms with E-state index in [1.165, 1.54) is 11.1 Å². The Bertz CT molecular complexity index is 1640. The van der Waals surface area contributed by atoms with Crippen molar-refractivity contribution in [3.8, 4) is 33.9 Å². The third kappa shape index (κ3) is 3.62. The summed E-state index contributed by atoms with van der Waals surface area (Å²) in [5.74, 6) is 1.76. The van der Waals surface area contributed by atoms with Crippen LogP contribution >= 0.6 is 0 Å². The summed E-state index contributed by atoms with van der Waals surface area (Å²) in [7, 11) is 0. The maximum Gasteiger partial charge on any atom is 0.163 e. The van der Waals surface area contributed by atoms with Gasteiger partial charge in [0.1, 0.15) is 12.2 Å². The van der Waals surface area contributed by atoms with Gasteiger partial charge in [-0.1, -0.05) is 48.5 Å². The highest BCUT2D eigenvalue weighted by Crippen LogP contribution is 2.31. The molecule has 0 fully saturated rings. The molecule has 2 aromatic heterocycles. The molecule has 0 atom stereocenters. The summed E-state index contributed by atoms with van der Waals surface area (Å²) in [6.07, 6.45) is 1.63. The summed E-state index contributed by atoms with van der Waals surface area (Å²) in [5, 5.41) is 4.64. The summed E-state index contributed by atoms with van der Waals surface area (Å²) < 4.78 is 4.14. The first-order valence-corrected chi connectivity index (χ1v) is 11.7. The molecule has 2 heterocycles. The molecule has 0 saturated heterocycles. The van der Waals surface area contributed by atoms with Gasteiger partial charge in [-0.25, -0.2) is 14.6 Å². The topological polar surface area (TPSA) is 48.5 Å². The first-order chi connectivity index (χ1) is 17.1. The molecule has 0 aliphatic heterocycles. The van der Waals surface area contributed by atoms with Crippen LogP contribution in [0.5, 0.6) is 0 Å². The summed E-state index contributed by atoms with van der Waals surface area (Å²) in [6, 6.07) is 31.5. The zero-order valence-corrected chi connectivity index (χ0v) is 20.0. The average molecular weight is 456 g/mol. The van der Waals surface area contributed by atoms with E-state index in [9.17, 15) is 0 Å². The van der Waals surface area contributed by atoms with Crippen LogP contribution in [0.3, 0.4) is 0 Å². The Morgan fingerprint density at radius 3 is 2.06 bits per heavy atom. The van der Waals surface area contributed by atoms with Crippen LogP contribution in [-0.2, 0) is 0 Å². The molecule has 35 heavy (non-hydrogen) atoms. The number of rotatable bonds is 4. The number of nitrogens with zero attached hydrogens (tertiary/aromatic N) is 5. The van der Waals surface area contributed by atoms with Gasteiger partial charge in [-0.05, 0) is 85.5 Å². The van der Waals surface area contributed by atoms with Crippen LogP contribution in [-0.4, -0.2) is 24.3 Å². The van der Waals surface area contributed by atoms with E-state index in [-0.39, 0.29) is 0 Å². The second-order valence-electron chi connectivity index (χ2n) is 8.85. The Morgan fingerprint density at radius 1 is 0.657 bits per heavy atom. The van der Waals surface area contributed by atoms with Gasteiger partial charge >= 0.3 is 0 Å². The lowest BCUT2D eigenvalue weighted by atomic mass is 9.99. The monoisotopic (exact) mass is 455 g/mol. The lowest BCUT2D eigenvalue weighted by Gasteiger charge is -2.15. The van der Waals surface area contributed by atoms with Crippen LogP contribution in [0, 0.1) is 20.8 Å². The van der Waals surface area contributed by atoms with Crippen molar-refractivity contribution in [3.63, 3.8) is 0 Å². The quantitative estimate of drug-likeness (QED) is 0.292. The Hall–Kier alpha value is -4.51. The maximum atomic E-state index is 4.78. The minimum absolute atomic E-state index is 0.809. The number of aromatic nitrogens is 5. The number of imidazole rings is 1. The predicted octanol–water partition coefficient (Wildman–Crippen LogP) is 6.87. The molecular weight excluding hydrogens is 430 g/mol. The molecule has 0 bridgehead atoms. The fourth-order valence-electron chi connectivity index (χ4n) is 4.93. The van der Waals surface area contributed by atoms with Crippen LogP contribution in [0.15, 0.2) is 97.3 Å². The maximum absolute atomic E-state index is 4.78. The smallest absolute Gasteiger partial charge is 0.163 e. The van der Waals surface area contributed by atoms with Crippen molar-refractivity contribution in [1.29, 1.82) is 0 Å². The molecule has 0 N–H and O–H groups in total. The SMILES string of the molecule is Cc1cc(-c2ccccc2)cc(C)c1-n1ncnc1-c1ccc2nc(C)n(-c3ccccc3)c2c1. The van der Waals surface area contributed by atoms with Gasteiger partial charge in [-0.3, -0.25) is 4.57 Å². The van der Waals surface area contributed by atoms with Gasteiger partial charge < -0.3 is 0 Å². The van der Waals surface area contributed by atoms with Crippen molar-refractivity contribution in [1.82, 2.24) is 24.3 Å². The van der Waals surface area contributed by atoms with Gasteiger partial charge in [0.25, 0.3) is 0 Å². The molecular formula is C30H25N5. The first kappa shape index (κ1) is 21.1. The molecule has 6 aromatic rings. The number of aryl methyl sites for hydroxylation is 3. The molecule has 6 rings (SSSR count). The van der Waals surface area contributed by atoms with Crippen molar-refractivity contribution in [2.75, 3.05) is 0 Å². The van der Waals surface area contributed by atoms with Crippen LogP contribution in [0.25, 0.3) is 44.9 Å². The number of hydrogen-bond donors (Lipinski definition) is 0. The largest absolute Gasteiger partial charge is 0.297 e. The second kappa shape index (κ2) is 8.37. The zero-order valence-electron chi connectivity index (χ0n) is 20.0. The van der Waals surface area contributed by atoms with E-state index >= 15 is 0 Å². The van der Waals surface area contributed by atoms with E-state index in [1.54, 1.807) is 6.33 Å². The second-order valence-corrected chi connectivity index (χ2v) is 8.85. The molecule has 0 radical (unpaired) electrons. The Labute approximate surface area is 204 Å². The minimum Gasteiger partial charge on any atom is -0.297 e. The Morgan fingerprint density at radius 2 is 1.34 bits per heavy atom. The molecule has 4 aromatic carbocycles. The lowest BCUT2D eigenvalue weighted by molar-refractivity contribution is 0.871. The van der Waals surface area contributed by atoms with Crippen LogP contribution in [0.1, 0.15) is 17.0 Å². The van der Waals surface area contributed by atoms with E-state index in [4.69, 9.17) is 4.98 Å². The van der Waals surface area contributed by atoms with Gasteiger partial charge in [0.2, 0.25) is 0 Å². The molecule has 170 valence electrons.